The fourth-order valence-corrected chi connectivity index (χ4v) is 1.81. The van der Waals surface area contributed by atoms with Crippen LogP contribution in [-0.4, -0.2) is 35.6 Å². The lowest BCUT2D eigenvalue weighted by Gasteiger charge is -2.18. The van der Waals surface area contributed by atoms with Gasteiger partial charge in [0, 0.05) is 6.04 Å². The predicted octanol–water partition coefficient (Wildman–Crippen LogP) is 1.34. The summed E-state index contributed by atoms with van der Waals surface area (Å²) in [6.07, 6.45) is 5.23. The van der Waals surface area contributed by atoms with E-state index in [1.54, 1.807) is 0 Å². The third-order valence-electron chi connectivity index (χ3n) is 3.42. The van der Waals surface area contributed by atoms with Crippen molar-refractivity contribution in [2.75, 3.05) is 13.6 Å². The largest absolute Gasteiger partial charge is 0.481 e. The summed E-state index contributed by atoms with van der Waals surface area (Å²) in [7, 11) is 2.11. The first-order chi connectivity index (χ1) is 6.14. The van der Waals surface area contributed by atoms with Gasteiger partial charge in [-0.1, -0.05) is 0 Å². The molecule has 0 aromatic heterocycles. The summed E-state index contributed by atoms with van der Waals surface area (Å²) in [5.74, 6) is -0.586. The van der Waals surface area contributed by atoms with Gasteiger partial charge in [0.05, 0.1) is 5.41 Å². The van der Waals surface area contributed by atoms with E-state index in [-0.39, 0.29) is 5.41 Å². The van der Waals surface area contributed by atoms with Gasteiger partial charge < -0.3 is 10.0 Å². The van der Waals surface area contributed by atoms with Gasteiger partial charge in [-0.05, 0) is 45.7 Å². The molecule has 0 unspecified atom stereocenters. The van der Waals surface area contributed by atoms with Gasteiger partial charge in [-0.15, -0.1) is 0 Å². The highest BCUT2D eigenvalue weighted by molar-refractivity contribution is 5.77. The number of nitrogens with zero attached hydrogens (tertiary/aromatic N) is 1. The van der Waals surface area contributed by atoms with Gasteiger partial charge in [0.25, 0.3) is 0 Å². The van der Waals surface area contributed by atoms with E-state index in [2.05, 4.69) is 11.9 Å². The lowest BCUT2D eigenvalue weighted by molar-refractivity contribution is -0.143. The third kappa shape index (κ3) is 1.85. The summed E-state index contributed by atoms with van der Waals surface area (Å²) in [4.78, 5) is 13.2. The van der Waals surface area contributed by atoms with E-state index in [4.69, 9.17) is 5.11 Å². The number of carboxylic acids is 1. The number of rotatable bonds is 5. The molecule has 0 aliphatic heterocycles. The molecular weight excluding hydrogens is 166 g/mol. The Morgan fingerprint density at radius 2 is 2.15 bits per heavy atom. The van der Waals surface area contributed by atoms with Gasteiger partial charge in [0.2, 0.25) is 0 Å². The Labute approximate surface area is 78.7 Å². The lowest BCUT2D eigenvalue weighted by atomic mass is 10.0. The normalized spacial score (nSPS) is 24.8. The van der Waals surface area contributed by atoms with E-state index in [9.17, 15) is 4.79 Å². The van der Waals surface area contributed by atoms with E-state index >= 15 is 0 Å². The smallest absolute Gasteiger partial charge is 0.309 e. The van der Waals surface area contributed by atoms with Crippen LogP contribution in [-0.2, 0) is 4.79 Å². The monoisotopic (exact) mass is 183 g/mol. The highest BCUT2D eigenvalue weighted by Gasteiger charge is 2.49. The molecule has 0 amide bonds. The van der Waals surface area contributed by atoms with Crippen LogP contribution in [0.4, 0.5) is 0 Å². The minimum absolute atomic E-state index is 0.330. The molecule has 0 saturated heterocycles. The Kier molecular flexibility index (Phi) is 2.06. The Bertz CT molecular complexity index is 219. The van der Waals surface area contributed by atoms with Crippen molar-refractivity contribution in [2.45, 2.75) is 38.1 Å². The molecule has 2 aliphatic carbocycles. The molecule has 2 aliphatic rings. The zero-order valence-corrected chi connectivity index (χ0v) is 8.12. The molecule has 0 aromatic rings. The molecule has 0 radical (unpaired) electrons. The Balaban J connectivity index is 1.75. The zero-order valence-electron chi connectivity index (χ0n) is 8.12. The van der Waals surface area contributed by atoms with Crippen molar-refractivity contribution in [3.63, 3.8) is 0 Å². The minimum Gasteiger partial charge on any atom is -0.481 e. The molecule has 2 saturated carbocycles. The van der Waals surface area contributed by atoms with Crippen molar-refractivity contribution in [3.8, 4) is 0 Å². The fraction of sp³-hybridized carbons (Fsp3) is 0.900. The second kappa shape index (κ2) is 2.98. The van der Waals surface area contributed by atoms with Crippen LogP contribution in [0.1, 0.15) is 32.1 Å². The summed E-state index contributed by atoms with van der Waals surface area (Å²) in [6.45, 7) is 0.955. The van der Waals surface area contributed by atoms with Crippen LogP contribution in [0.25, 0.3) is 0 Å². The summed E-state index contributed by atoms with van der Waals surface area (Å²) in [5, 5.41) is 8.95. The molecule has 74 valence electrons. The van der Waals surface area contributed by atoms with E-state index < -0.39 is 5.97 Å². The van der Waals surface area contributed by atoms with Crippen molar-refractivity contribution < 1.29 is 9.90 Å². The van der Waals surface area contributed by atoms with Gasteiger partial charge in [-0.25, -0.2) is 0 Å². The second-order valence-electron chi connectivity index (χ2n) is 4.55. The maximum Gasteiger partial charge on any atom is 0.309 e. The molecule has 2 fully saturated rings. The van der Waals surface area contributed by atoms with E-state index in [1.807, 2.05) is 0 Å². The minimum atomic E-state index is -0.586. The average molecular weight is 183 g/mol. The maximum absolute atomic E-state index is 10.9. The molecule has 0 atom stereocenters. The van der Waals surface area contributed by atoms with Gasteiger partial charge in [-0.3, -0.25) is 4.79 Å². The predicted molar refractivity (Wildman–Crippen MR) is 49.6 cm³/mol. The molecule has 13 heavy (non-hydrogen) atoms. The molecular formula is C10H17NO2. The van der Waals surface area contributed by atoms with Crippen LogP contribution in [0.5, 0.6) is 0 Å². The highest BCUT2D eigenvalue weighted by atomic mass is 16.4. The second-order valence-corrected chi connectivity index (χ2v) is 4.55. The first-order valence-electron chi connectivity index (χ1n) is 5.08. The Hall–Kier alpha value is -0.570. The van der Waals surface area contributed by atoms with Crippen molar-refractivity contribution in [1.82, 2.24) is 4.90 Å². The molecule has 3 heteroatoms. The molecule has 0 aromatic carbocycles. The van der Waals surface area contributed by atoms with Crippen LogP contribution in [0.15, 0.2) is 0 Å². The van der Waals surface area contributed by atoms with Crippen LogP contribution in [0.2, 0.25) is 0 Å². The lowest BCUT2D eigenvalue weighted by Crippen LogP contribution is -2.26. The fourth-order valence-electron chi connectivity index (χ4n) is 1.81. The first kappa shape index (κ1) is 9.00. The van der Waals surface area contributed by atoms with E-state index in [0.29, 0.717) is 0 Å². The third-order valence-corrected chi connectivity index (χ3v) is 3.42. The average Bonchev–Trinajstić information content (AvgIpc) is 2.94. The van der Waals surface area contributed by atoms with Crippen molar-refractivity contribution >= 4 is 5.97 Å². The van der Waals surface area contributed by atoms with Gasteiger partial charge in [-0.2, -0.15) is 0 Å². The van der Waals surface area contributed by atoms with Crippen LogP contribution < -0.4 is 0 Å². The van der Waals surface area contributed by atoms with Gasteiger partial charge in [0.15, 0.2) is 0 Å². The number of carboxylic acid groups (broad SMARTS) is 1. The van der Waals surface area contributed by atoms with E-state index in [1.165, 1.54) is 12.8 Å². The number of hydrogen-bond donors (Lipinski definition) is 1. The summed E-state index contributed by atoms with van der Waals surface area (Å²) in [5.41, 5.74) is -0.330. The van der Waals surface area contributed by atoms with Crippen molar-refractivity contribution in [3.05, 3.63) is 0 Å². The van der Waals surface area contributed by atoms with Gasteiger partial charge in [0.1, 0.15) is 0 Å². The summed E-state index contributed by atoms with van der Waals surface area (Å²) < 4.78 is 0. The van der Waals surface area contributed by atoms with Crippen LogP contribution in [0, 0.1) is 5.41 Å². The summed E-state index contributed by atoms with van der Waals surface area (Å²) >= 11 is 0. The molecule has 3 nitrogen and oxygen atoms in total. The molecule has 0 spiro atoms. The first-order valence-corrected chi connectivity index (χ1v) is 5.08. The van der Waals surface area contributed by atoms with Crippen LogP contribution >= 0.6 is 0 Å². The van der Waals surface area contributed by atoms with Gasteiger partial charge >= 0.3 is 5.97 Å². The van der Waals surface area contributed by atoms with Crippen molar-refractivity contribution in [2.24, 2.45) is 5.41 Å². The summed E-state index contributed by atoms with van der Waals surface area (Å²) in [6, 6.07) is 0.754. The standard InChI is InChI=1S/C10H17NO2/c1-11(8-2-3-8)7-6-10(4-5-10)9(12)13/h8H,2-7H2,1H3,(H,12,13). The van der Waals surface area contributed by atoms with Crippen molar-refractivity contribution in [1.29, 1.82) is 0 Å². The topological polar surface area (TPSA) is 40.5 Å². The molecule has 2 rings (SSSR count). The number of hydrogen-bond acceptors (Lipinski definition) is 2. The quantitative estimate of drug-likeness (QED) is 0.699. The highest BCUT2D eigenvalue weighted by Crippen LogP contribution is 2.49. The number of carbonyl (C=O) groups is 1. The molecule has 0 heterocycles. The maximum atomic E-state index is 10.9. The Morgan fingerprint density at radius 1 is 1.54 bits per heavy atom. The Morgan fingerprint density at radius 3 is 2.54 bits per heavy atom. The van der Waals surface area contributed by atoms with E-state index in [0.717, 1.165) is 31.8 Å². The number of aliphatic carboxylic acids is 1. The van der Waals surface area contributed by atoms with Crippen LogP contribution in [0.3, 0.4) is 0 Å². The molecule has 1 N–H and O–H groups in total. The SMILES string of the molecule is CN(CCC1(C(=O)O)CC1)C1CC1. The molecule has 0 bridgehead atoms. The zero-order chi connectivity index (χ0) is 9.47.